The van der Waals surface area contributed by atoms with E-state index < -0.39 is 14.2 Å². The number of hydrogen-bond acceptors (Lipinski definition) is 4. The summed E-state index contributed by atoms with van der Waals surface area (Å²) in [6, 6.07) is 0. The second kappa shape index (κ2) is 11.4. The predicted octanol–water partition coefficient (Wildman–Crippen LogP) is 1.11. The van der Waals surface area contributed by atoms with E-state index in [4.69, 9.17) is 0 Å². The Morgan fingerprint density at radius 3 is 2.38 bits per heavy atom. The summed E-state index contributed by atoms with van der Waals surface area (Å²) in [5.41, 5.74) is 4.53. The van der Waals surface area contributed by atoms with Gasteiger partial charge in [-0.2, -0.15) is 0 Å². The molecule has 0 radical (unpaired) electrons. The number of amides is 1. The van der Waals surface area contributed by atoms with E-state index in [1.165, 1.54) is 7.11 Å². The number of nitrogens with two attached hydrogens (primary N) is 1. The van der Waals surface area contributed by atoms with E-state index in [9.17, 15) is 9.36 Å². The lowest BCUT2D eigenvalue weighted by Crippen LogP contribution is -2.04. The van der Waals surface area contributed by atoms with E-state index in [1.807, 2.05) is 6.92 Å². The summed E-state index contributed by atoms with van der Waals surface area (Å²) in [6.45, 7) is 5.55. The Morgan fingerprint density at radius 1 is 1.69 bits per heavy atom. The highest BCUT2D eigenvalue weighted by Crippen LogP contribution is 2.20. The summed E-state index contributed by atoms with van der Waals surface area (Å²) in [6.07, 6.45) is 1.93. The average molecular weight is 209 g/mol. The molecule has 0 spiro atoms. The van der Waals surface area contributed by atoms with Gasteiger partial charge < -0.3 is 14.8 Å². The van der Waals surface area contributed by atoms with Crippen LogP contribution >= 0.6 is 8.25 Å². The number of carbonyl (C=O) groups excluding carboxylic acids is 1. The highest BCUT2D eigenvalue weighted by Gasteiger charge is 1.90. The van der Waals surface area contributed by atoms with Crippen LogP contribution in [0.5, 0.6) is 0 Å². The van der Waals surface area contributed by atoms with Crippen LogP contribution in [-0.4, -0.2) is 19.6 Å². The largest absolute Gasteiger partial charge is 0.366 e. The van der Waals surface area contributed by atoms with Crippen LogP contribution in [0.4, 0.5) is 0 Å². The molecule has 2 N–H and O–H groups in total. The van der Waals surface area contributed by atoms with Gasteiger partial charge >= 0.3 is 8.25 Å². The molecule has 6 heteroatoms. The Bertz CT molecular complexity index is 172. The first-order valence-corrected chi connectivity index (χ1v) is 4.93. The van der Waals surface area contributed by atoms with Crippen molar-refractivity contribution in [1.82, 2.24) is 0 Å². The monoisotopic (exact) mass is 209 g/mol. The third-order valence-corrected chi connectivity index (χ3v) is 1.57. The minimum absolute atomic E-state index is 0.481. The van der Waals surface area contributed by atoms with E-state index in [-0.39, 0.29) is 0 Å². The van der Waals surface area contributed by atoms with E-state index in [1.54, 1.807) is 0 Å². The molecule has 1 atom stereocenters. The highest BCUT2D eigenvalue weighted by atomic mass is 31.1. The summed E-state index contributed by atoms with van der Waals surface area (Å²) >= 11 is 0. The van der Waals surface area contributed by atoms with Gasteiger partial charge in [0, 0.05) is 7.11 Å². The Morgan fingerprint density at radius 2 is 2.15 bits per heavy atom. The molecule has 0 heterocycles. The van der Waals surface area contributed by atoms with Crippen molar-refractivity contribution >= 4 is 14.2 Å². The molecule has 0 fully saturated rings. The molecule has 13 heavy (non-hydrogen) atoms. The lowest BCUT2D eigenvalue weighted by molar-refractivity contribution is -0.113. The summed E-state index contributed by atoms with van der Waals surface area (Å²) in [5.74, 6) is -0.481. The Hall–Kier alpha value is -0.640. The normalized spacial score (nSPS) is 10.9. The van der Waals surface area contributed by atoms with Gasteiger partial charge in [-0.25, -0.2) is 0 Å². The van der Waals surface area contributed by atoms with E-state index in [0.717, 1.165) is 12.5 Å². The first kappa shape index (κ1) is 14.9. The third kappa shape index (κ3) is 18.4. The molecule has 1 unspecified atom stereocenters. The van der Waals surface area contributed by atoms with Crippen molar-refractivity contribution < 1.29 is 18.4 Å². The van der Waals surface area contributed by atoms with Crippen LogP contribution < -0.4 is 5.73 Å². The molecule has 1 amide bonds. The fourth-order valence-electron chi connectivity index (χ4n) is 0.244. The van der Waals surface area contributed by atoms with Crippen molar-refractivity contribution in [2.24, 2.45) is 5.73 Å². The average Bonchev–Trinajstić information content (AvgIpc) is 2.15. The lowest BCUT2D eigenvalue weighted by Gasteiger charge is -1.96. The Labute approximate surface area is 78.9 Å². The SMILES string of the molecule is C=CC(N)=O.CCCO[PH](=O)OC. The van der Waals surface area contributed by atoms with Gasteiger partial charge in [-0.15, -0.1) is 0 Å². The van der Waals surface area contributed by atoms with Crippen molar-refractivity contribution in [2.45, 2.75) is 13.3 Å². The minimum atomic E-state index is -2.14. The van der Waals surface area contributed by atoms with Gasteiger partial charge in [-0.05, 0) is 12.5 Å². The molecule has 0 saturated heterocycles. The molecule has 0 aliphatic carbocycles. The molecule has 5 nitrogen and oxygen atoms in total. The third-order valence-electron chi connectivity index (χ3n) is 0.792. The van der Waals surface area contributed by atoms with E-state index in [2.05, 4.69) is 21.4 Å². The van der Waals surface area contributed by atoms with E-state index >= 15 is 0 Å². The molecule has 0 aromatic heterocycles. The van der Waals surface area contributed by atoms with Crippen LogP contribution in [0.1, 0.15) is 13.3 Å². The van der Waals surface area contributed by atoms with Gasteiger partial charge in [0.1, 0.15) is 0 Å². The van der Waals surface area contributed by atoms with Gasteiger partial charge in [0.15, 0.2) is 0 Å². The molecule has 0 aliphatic rings. The number of carbonyl (C=O) groups is 1. The maximum Gasteiger partial charge on any atom is 0.318 e. The molecule has 0 aliphatic heterocycles. The zero-order chi connectivity index (χ0) is 10.7. The molecule has 0 aromatic rings. The van der Waals surface area contributed by atoms with Gasteiger partial charge in [0.25, 0.3) is 0 Å². The molecule has 0 rings (SSSR count). The van der Waals surface area contributed by atoms with Gasteiger partial charge in [-0.1, -0.05) is 13.5 Å². The van der Waals surface area contributed by atoms with Gasteiger partial charge in [-0.3, -0.25) is 9.36 Å². The smallest absolute Gasteiger partial charge is 0.318 e. The van der Waals surface area contributed by atoms with Crippen LogP contribution in [0, 0.1) is 0 Å². The summed E-state index contributed by atoms with van der Waals surface area (Å²) < 4.78 is 19.4. The maximum absolute atomic E-state index is 10.3. The van der Waals surface area contributed by atoms with Crippen LogP contribution in [-0.2, 0) is 18.4 Å². The van der Waals surface area contributed by atoms with Gasteiger partial charge in [0.2, 0.25) is 5.91 Å². The maximum atomic E-state index is 10.3. The predicted molar refractivity (Wildman–Crippen MR) is 51.6 cm³/mol. The Kier molecular flexibility index (Phi) is 13.0. The number of rotatable bonds is 5. The fraction of sp³-hybridized carbons (Fsp3) is 0.571. The fourth-order valence-corrected chi connectivity index (χ4v) is 0.733. The van der Waals surface area contributed by atoms with Crippen LogP contribution in [0.15, 0.2) is 12.7 Å². The topological polar surface area (TPSA) is 78.6 Å². The van der Waals surface area contributed by atoms with Crippen molar-refractivity contribution in [3.63, 3.8) is 0 Å². The second-order valence-electron chi connectivity index (χ2n) is 1.91. The highest BCUT2D eigenvalue weighted by molar-refractivity contribution is 7.33. The zero-order valence-corrected chi connectivity index (χ0v) is 8.91. The summed E-state index contributed by atoms with van der Waals surface area (Å²) in [5, 5.41) is 0. The molecule has 78 valence electrons. The Balaban J connectivity index is 0. The molecule has 0 bridgehead atoms. The van der Waals surface area contributed by atoms with Crippen molar-refractivity contribution in [2.75, 3.05) is 13.7 Å². The van der Waals surface area contributed by atoms with Crippen LogP contribution in [0.2, 0.25) is 0 Å². The van der Waals surface area contributed by atoms with Crippen molar-refractivity contribution in [3.8, 4) is 0 Å². The standard InChI is InChI=1S/C4H11O3P.C3H5NO/c1-3-4-7-8(5)6-2;1-2-3(4)5/h8H,3-4H2,1-2H3;2H,1H2,(H2,4,5). The number of hydrogen-bond donors (Lipinski definition) is 1. The van der Waals surface area contributed by atoms with E-state index in [0.29, 0.717) is 6.61 Å². The quantitative estimate of drug-likeness (QED) is 0.543. The lowest BCUT2D eigenvalue weighted by atomic mass is 10.5. The van der Waals surface area contributed by atoms with Gasteiger partial charge in [0.05, 0.1) is 6.61 Å². The molecule has 0 saturated carbocycles. The molecular formula is C7H16NO4P. The minimum Gasteiger partial charge on any atom is -0.366 e. The molecule has 0 aromatic carbocycles. The van der Waals surface area contributed by atoms with Crippen LogP contribution in [0.25, 0.3) is 0 Å². The first-order chi connectivity index (χ1) is 6.08. The zero-order valence-electron chi connectivity index (χ0n) is 7.91. The second-order valence-corrected chi connectivity index (χ2v) is 3.11. The first-order valence-electron chi connectivity index (χ1n) is 3.71. The van der Waals surface area contributed by atoms with Crippen molar-refractivity contribution in [3.05, 3.63) is 12.7 Å². The molecular weight excluding hydrogens is 193 g/mol. The number of primary amides is 1. The summed E-state index contributed by atoms with van der Waals surface area (Å²) in [7, 11) is -0.770. The van der Waals surface area contributed by atoms with Crippen LogP contribution in [0.3, 0.4) is 0 Å². The summed E-state index contributed by atoms with van der Waals surface area (Å²) in [4.78, 5) is 9.47. The van der Waals surface area contributed by atoms with Crippen molar-refractivity contribution in [1.29, 1.82) is 0 Å².